The second-order valence-electron chi connectivity index (χ2n) is 6.37. The zero-order valence-corrected chi connectivity index (χ0v) is 15.5. The van der Waals surface area contributed by atoms with Gasteiger partial charge in [0.05, 0.1) is 19.1 Å². The summed E-state index contributed by atoms with van der Waals surface area (Å²) in [6.45, 7) is 2.62. The van der Waals surface area contributed by atoms with Crippen molar-refractivity contribution in [3.63, 3.8) is 0 Å². The van der Waals surface area contributed by atoms with Gasteiger partial charge in [-0.25, -0.2) is 0 Å². The van der Waals surface area contributed by atoms with Crippen LogP contribution < -0.4 is 10.1 Å². The molecule has 0 fully saturated rings. The van der Waals surface area contributed by atoms with Crippen molar-refractivity contribution in [1.82, 2.24) is 10.2 Å². The van der Waals surface area contributed by atoms with E-state index in [4.69, 9.17) is 4.74 Å². The highest BCUT2D eigenvalue weighted by Crippen LogP contribution is 2.22. The first-order chi connectivity index (χ1) is 12.1. The molecule has 25 heavy (non-hydrogen) atoms. The van der Waals surface area contributed by atoms with Gasteiger partial charge in [0.15, 0.2) is 0 Å². The summed E-state index contributed by atoms with van der Waals surface area (Å²) in [5, 5.41) is 3.13. The van der Waals surface area contributed by atoms with Gasteiger partial charge in [-0.3, -0.25) is 4.79 Å². The van der Waals surface area contributed by atoms with E-state index in [1.807, 2.05) is 75.6 Å². The van der Waals surface area contributed by atoms with Gasteiger partial charge >= 0.3 is 0 Å². The summed E-state index contributed by atoms with van der Waals surface area (Å²) in [6.07, 6.45) is 0.783. The highest BCUT2D eigenvalue weighted by atomic mass is 16.5. The predicted octanol–water partition coefficient (Wildman–Crippen LogP) is 3.61. The molecule has 2 atom stereocenters. The Kier molecular flexibility index (Phi) is 7.02. The quantitative estimate of drug-likeness (QED) is 0.798. The lowest BCUT2D eigenvalue weighted by Gasteiger charge is -2.26. The van der Waals surface area contributed by atoms with Crippen molar-refractivity contribution in [3.05, 3.63) is 65.7 Å². The van der Waals surface area contributed by atoms with E-state index in [0.29, 0.717) is 6.54 Å². The van der Waals surface area contributed by atoms with Crippen LogP contribution in [-0.2, 0) is 4.79 Å². The lowest BCUT2D eigenvalue weighted by atomic mass is 9.95. The van der Waals surface area contributed by atoms with Gasteiger partial charge < -0.3 is 15.0 Å². The van der Waals surface area contributed by atoms with Crippen LogP contribution in [0.25, 0.3) is 0 Å². The number of carbonyl (C=O) groups excluding carboxylic acids is 1. The summed E-state index contributed by atoms with van der Waals surface area (Å²) >= 11 is 0. The second-order valence-corrected chi connectivity index (χ2v) is 6.37. The molecule has 0 spiro atoms. The lowest BCUT2D eigenvalue weighted by molar-refractivity contribution is -0.122. The number of likely N-dealkylation sites (N-methyl/N-ethyl adjacent to an activating group) is 1. The molecule has 0 aliphatic heterocycles. The van der Waals surface area contributed by atoms with Gasteiger partial charge in [0.25, 0.3) is 0 Å². The number of amides is 1. The van der Waals surface area contributed by atoms with Gasteiger partial charge in [-0.05, 0) is 43.8 Å². The Bertz CT molecular complexity index is 653. The fourth-order valence-electron chi connectivity index (χ4n) is 3.00. The molecule has 0 heterocycles. The second kappa shape index (κ2) is 9.23. The maximum absolute atomic E-state index is 12.7. The molecule has 0 aliphatic rings. The molecule has 0 saturated carbocycles. The number of hydrogen-bond donors (Lipinski definition) is 1. The van der Waals surface area contributed by atoms with Gasteiger partial charge in [0.1, 0.15) is 5.75 Å². The Labute approximate surface area is 150 Å². The molecule has 0 bridgehead atoms. The molecule has 0 saturated heterocycles. The molecule has 1 amide bonds. The van der Waals surface area contributed by atoms with Gasteiger partial charge in [-0.2, -0.15) is 0 Å². The lowest BCUT2D eigenvalue weighted by Crippen LogP contribution is -2.37. The van der Waals surface area contributed by atoms with E-state index in [9.17, 15) is 4.79 Å². The summed E-state index contributed by atoms with van der Waals surface area (Å²) in [4.78, 5) is 14.8. The Morgan fingerprint density at radius 3 is 2.20 bits per heavy atom. The third kappa shape index (κ3) is 5.07. The van der Waals surface area contributed by atoms with Crippen molar-refractivity contribution in [2.45, 2.75) is 25.3 Å². The van der Waals surface area contributed by atoms with Crippen molar-refractivity contribution >= 4 is 5.91 Å². The van der Waals surface area contributed by atoms with E-state index in [1.165, 1.54) is 0 Å². The Balaban J connectivity index is 2.05. The highest BCUT2D eigenvalue weighted by molar-refractivity contribution is 5.83. The number of carbonyl (C=O) groups is 1. The average Bonchev–Trinajstić information content (AvgIpc) is 2.63. The van der Waals surface area contributed by atoms with Crippen LogP contribution in [0.3, 0.4) is 0 Å². The van der Waals surface area contributed by atoms with Crippen molar-refractivity contribution in [1.29, 1.82) is 0 Å². The van der Waals surface area contributed by atoms with Crippen molar-refractivity contribution < 1.29 is 9.53 Å². The zero-order chi connectivity index (χ0) is 18.2. The molecule has 2 aromatic rings. The maximum atomic E-state index is 12.7. The summed E-state index contributed by atoms with van der Waals surface area (Å²) in [5.74, 6) is 0.800. The minimum atomic E-state index is -0.111. The summed E-state index contributed by atoms with van der Waals surface area (Å²) in [7, 11) is 5.71. The molecule has 134 valence electrons. The van der Waals surface area contributed by atoms with E-state index in [1.54, 1.807) is 7.11 Å². The predicted molar refractivity (Wildman–Crippen MR) is 102 cm³/mol. The Morgan fingerprint density at radius 2 is 1.68 bits per heavy atom. The first kappa shape index (κ1) is 19.0. The number of nitrogens with one attached hydrogen (secondary N) is 1. The molecule has 0 radical (unpaired) electrons. The van der Waals surface area contributed by atoms with Crippen LogP contribution in [0.2, 0.25) is 0 Å². The van der Waals surface area contributed by atoms with Gasteiger partial charge in [-0.1, -0.05) is 49.4 Å². The molecule has 0 aliphatic carbocycles. The monoisotopic (exact) mass is 340 g/mol. The molecule has 4 nitrogen and oxygen atoms in total. The number of ether oxygens (including phenoxy) is 1. The molecule has 2 aromatic carbocycles. The normalized spacial score (nSPS) is 13.3. The van der Waals surface area contributed by atoms with Crippen LogP contribution in [0.1, 0.15) is 36.4 Å². The summed E-state index contributed by atoms with van der Waals surface area (Å²) in [5.41, 5.74) is 2.22. The van der Waals surface area contributed by atoms with Crippen LogP contribution in [0.4, 0.5) is 0 Å². The first-order valence-corrected chi connectivity index (χ1v) is 8.69. The minimum Gasteiger partial charge on any atom is -0.497 e. The number of methoxy groups -OCH3 is 1. The van der Waals surface area contributed by atoms with E-state index >= 15 is 0 Å². The Hall–Kier alpha value is -2.33. The number of nitrogens with zero attached hydrogens (tertiary/aromatic N) is 1. The number of benzene rings is 2. The third-order valence-corrected chi connectivity index (χ3v) is 4.52. The van der Waals surface area contributed by atoms with Crippen molar-refractivity contribution in [3.8, 4) is 5.75 Å². The largest absolute Gasteiger partial charge is 0.497 e. The van der Waals surface area contributed by atoms with Crippen LogP contribution in [0, 0.1) is 0 Å². The van der Waals surface area contributed by atoms with Crippen molar-refractivity contribution in [2.75, 3.05) is 27.7 Å². The molecule has 2 unspecified atom stereocenters. The SMILES string of the molecule is CCC(C(=O)NCC(c1ccc(OC)cc1)N(C)C)c1ccccc1. The Morgan fingerprint density at radius 1 is 1.04 bits per heavy atom. The van der Waals surface area contributed by atoms with Crippen molar-refractivity contribution in [2.24, 2.45) is 0 Å². The summed E-state index contributed by atoms with van der Waals surface area (Å²) in [6, 6.07) is 18.1. The molecule has 4 heteroatoms. The standard InChI is InChI=1S/C21H28N2O2/c1-5-19(16-9-7-6-8-10-16)21(24)22-15-20(23(2)3)17-11-13-18(25-4)14-12-17/h6-14,19-20H,5,15H2,1-4H3,(H,22,24). The zero-order valence-electron chi connectivity index (χ0n) is 15.5. The summed E-state index contributed by atoms with van der Waals surface area (Å²) < 4.78 is 5.22. The molecular weight excluding hydrogens is 312 g/mol. The fourth-order valence-corrected chi connectivity index (χ4v) is 3.00. The molecule has 2 rings (SSSR count). The van der Waals surface area contributed by atoms with E-state index < -0.39 is 0 Å². The highest BCUT2D eigenvalue weighted by Gasteiger charge is 2.21. The smallest absolute Gasteiger partial charge is 0.227 e. The average molecular weight is 340 g/mol. The van der Waals surface area contributed by atoms with Gasteiger partial charge in [0, 0.05) is 6.54 Å². The van der Waals surface area contributed by atoms with E-state index in [2.05, 4.69) is 10.2 Å². The van der Waals surface area contributed by atoms with Crippen LogP contribution in [0.5, 0.6) is 5.75 Å². The maximum Gasteiger partial charge on any atom is 0.227 e. The molecule has 0 aromatic heterocycles. The van der Waals surface area contributed by atoms with E-state index in [0.717, 1.165) is 23.3 Å². The van der Waals surface area contributed by atoms with Crippen LogP contribution in [-0.4, -0.2) is 38.6 Å². The fraction of sp³-hybridized carbons (Fsp3) is 0.381. The van der Waals surface area contributed by atoms with Gasteiger partial charge in [-0.15, -0.1) is 0 Å². The number of rotatable bonds is 8. The molecule has 1 N–H and O–H groups in total. The van der Waals surface area contributed by atoms with Crippen LogP contribution in [0.15, 0.2) is 54.6 Å². The topological polar surface area (TPSA) is 41.6 Å². The minimum absolute atomic E-state index is 0.0778. The van der Waals surface area contributed by atoms with Gasteiger partial charge in [0.2, 0.25) is 5.91 Å². The first-order valence-electron chi connectivity index (χ1n) is 8.69. The number of hydrogen-bond acceptors (Lipinski definition) is 3. The molecular formula is C21H28N2O2. The third-order valence-electron chi connectivity index (χ3n) is 4.52. The van der Waals surface area contributed by atoms with E-state index in [-0.39, 0.29) is 17.9 Å². The van der Waals surface area contributed by atoms with Crippen LogP contribution >= 0.6 is 0 Å².